The molecule has 1 aliphatic carbocycles. The number of anilines is 1. The molecule has 0 radical (unpaired) electrons. The van der Waals surface area contributed by atoms with Crippen molar-refractivity contribution in [3.05, 3.63) is 11.1 Å². The lowest BCUT2D eigenvalue weighted by atomic mass is 9.78. The van der Waals surface area contributed by atoms with E-state index >= 15 is 0 Å². The van der Waals surface area contributed by atoms with Crippen LogP contribution in [-0.4, -0.2) is 29.0 Å². The van der Waals surface area contributed by atoms with Crippen LogP contribution in [0, 0.1) is 11.8 Å². The maximum absolute atomic E-state index is 6.22. The number of thiazole rings is 1. The molecule has 1 aliphatic heterocycles. The number of rotatable bonds is 2. The van der Waals surface area contributed by atoms with Gasteiger partial charge in [0.2, 0.25) is 0 Å². The van der Waals surface area contributed by atoms with E-state index in [0.29, 0.717) is 17.1 Å². The largest absolute Gasteiger partial charge is 0.375 e. The fourth-order valence-corrected chi connectivity index (χ4v) is 4.08. The minimum Gasteiger partial charge on any atom is -0.375 e. The van der Waals surface area contributed by atoms with Gasteiger partial charge in [-0.2, -0.15) is 0 Å². The molecule has 1 aromatic rings. The van der Waals surface area contributed by atoms with Crippen molar-refractivity contribution in [2.75, 3.05) is 18.8 Å². The number of hydrogen-bond donors (Lipinski definition) is 2. The summed E-state index contributed by atoms with van der Waals surface area (Å²) in [6.45, 7) is 3.36. The molecule has 17 heavy (non-hydrogen) atoms. The van der Waals surface area contributed by atoms with Crippen molar-refractivity contribution in [3.8, 4) is 0 Å². The quantitative estimate of drug-likeness (QED) is 0.832. The van der Waals surface area contributed by atoms with Crippen LogP contribution in [0.3, 0.4) is 0 Å². The Bertz CT molecular complexity index is 392. The summed E-state index contributed by atoms with van der Waals surface area (Å²) in [5.74, 6) is 1.54. The Labute approximate surface area is 106 Å². The Morgan fingerprint density at radius 1 is 1.41 bits per heavy atom. The molecule has 5 heteroatoms. The molecule has 4 N–H and O–H groups in total. The molecule has 1 saturated carbocycles. The summed E-state index contributed by atoms with van der Waals surface area (Å²) in [4.78, 5) is 7.90. The van der Waals surface area contributed by atoms with Gasteiger partial charge in [0, 0.05) is 36.8 Å². The molecule has 0 amide bonds. The topological polar surface area (TPSA) is 68.2 Å². The van der Waals surface area contributed by atoms with Gasteiger partial charge in [0.15, 0.2) is 5.13 Å². The Kier molecular flexibility index (Phi) is 3.06. The van der Waals surface area contributed by atoms with E-state index in [-0.39, 0.29) is 0 Å². The molecule has 2 fully saturated rings. The fraction of sp³-hybridized carbons (Fsp3) is 0.750. The SMILES string of the molecule is Nc1ncc(CN2CC3CCCC(N)C3C2)s1. The van der Waals surface area contributed by atoms with Crippen LogP contribution in [0.25, 0.3) is 0 Å². The first-order valence-corrected chi connectivity index (χ1v) is 7.22. The molecular formula is C12H20N4S. The summed E-state index contributed by atoms with van der Waals surface area (Å²) in [6.07, 6.45) is 5.79. The number of nitrogens with two attached hydrogens (primary N) is 2. The Morgan fingerprint density at radius 2 is 2.29 bits per heavy atom. The van der Waals surface area contributed by atoms with E-state index in [1.54, 1.807) is 11.3 Å². The molecule has 1 saturated heterocycles. The summed E-state index contributed by atoms with van der Waals surface area (Å²) < 4.78 is 0. The van der Waals surface area contributed by atoms with Crippen LogP contribution in [0.15, 0.2) is 6.20 Å². The highest BCUT2D eigenvalue weighted by Gasteiger charge is 2.38. The molecule has 3 rings (SSSR count). The van der Waals surface area contributed by atoms with Gasteiger partial charge in [-0.15, -0.1) is 11.3 Å². The van der Waals surface area contributed by atoms with E-state index in [1.165, 1.54) is 30.7 Å². The average Bonchev–Trinajstić information content (AvgIpc) is 2.86. The second kappa shape index (κ2) is 4.55. The second-order valence-corrected chi connectivity index (χ2v) is 6.52. The smallest absolute Gasteiger partial charge is 0.180 e. The Balaban J connectivity index is 1.63. The lowest BCUT2D eigenvalue weighted by Gasteiger charge is -2.29. The van der Waals surface area contributed by atoms with Gasteiger partial charge in [0.1, 0.15) is 0 Å². The lowest BCUT2D eigenvalue weighted by molar-refractivity contribution is 0.259. The maximum Gasteiger partial charge on any atom is 0.180 e. The molecule has 3 atom stereocenters. The summed E-state index contributed by atoms with van der Waals surface area (Å²) in [5.41, 5.74) is 11.9. The van der Waals surface area contributed by atoms with E-state index in [4.69, 9.17) is 11.5 Å². The van der Waals surface area contributed by atoms with Gasteiger partial charge in [-0.3, -0.25) is 4.90 Å². The standard InChI is InChI=1S/C12H20N4S/c13-11-3-1-2-8-5-16(7-10(8)11)6-9-4-15-12(14)17-9/h4,8,10-11H,1-3,5-7,13H2,(H2,14,15). The molecule has 94 valence electrons. The van der Waals surface area contributed by atoms with Crippen LogP contribution >= 0.6 is 11.3 Å². The zero-order valence-corrected chi connectivity index (χ0v) is 10.8. The minimum absolute atomic E-state index is 0.422. The van der Waals surface area contributed by atoms with Crippen LogP contribution in [0.2, 0.25) is 0 Å². The summed E-state index contributed by atoms with van der Waals surface area (Å²) in [7, 11) is 0. The van der Waals surface area contributed by atoms with Gasteiger partial charge in [0.05, 0.1) is 0 Å². The number of likely N-dealkylation sites (tertiary alicyclic amines) is 1. The molecule has 1 aromatic heterocycles. The summed E-state index contributed by atoms with van der Waals surface area (Å²) in [6, 6.07) is 0.422. The van der Waals surface area contributed by atoms with Crippen molar-refractivity contribution >= 4 is 16.5 Å². The van der Waals surface area contributed by atoms with Crippen molar-refractivity contribution in [3.63, 3.8) is 0 Å². The van der Waals surface area contributed by atoms with Crippen LogP contribution in [-0.2, 0) is 6.54 Å². The highest BCUT2D eigenvalue weighted by molar-refractivity contribution is 7.15. The molecular weight excluding hydrogens is 232 g/mol. The third kappa shape index (κ3) is 2.32. The zero-order chi connectivity index (χ0) is 11.8. The predicted molar refractivity (Wildman–Crippen MR) is 70.6 cm³/mol. The monoisotopic (exact) mass is 252 g/mol. The van der Waals surface area contributed by atoms with E-state index in [1.807, 2.05) is 6.20 Å². The average molecular weight is 252 g/mol. The predicted octanol–water partition coefficient (Wildman–Crippen LogP) is 1.28. The fourth-order valence-electron chi connectivity index (χ4n) is 3.35. The molecule has 0 aromatic carbocycles. The number of nitrogens with zero attached hydrogens (tertiary/aromatic N) is 2. The van der Waals surface area contributed by atoms with E-state index < -0.39 is 0 Å². The van der Waals surface area contributed by atoms with Crippen molar-refractivity contribution in [2.24, 2.45) is 17.6 Å². The van der Waals surface area contributed by atoms with Crippen LogP contribution < -0.4 is 11.5 Å². The normalized spacial score (nSPS) is 33.8. The highest BCUT2D eigenvalue weighted by atomic mass is 32.1. The van der Waals surface area contributed by atoms with Gasteiger partial charge in [-0.25, -0.2) is 4.98 Å². The number of fused-ring (bicyclic) bond motifs is 1. The lowest BCUT2D eigenvalue weighted by Crippen LogP contribution is -2.38. The molecule has 0 bridgehead atoms. The Morgan fingerprint density at radius 3 is 3.00 bits per heavy atom. The van der Waals surface area contributed by atoms with Crippen molar-refractivity contribution in [2.45, 2.75) is 31.8 Å². The third-order valence-electron chi connectivity index (χ3n) is 4.18. The van der Waals surface area contributed by atoms with E-state index in [9.17, 15) is 0 Å². The number of hydrogen-bond acceptors (Lipinski definition) is 5. The van der Waals surface area contributed by atoms with Crippen molar-refractivity contribution < 1.29 is 0 Å². The highest BCUT2D eigenvalue weighted by Crippen LogP contribution is 2.36. The molecule has 0 spiro atoms. The summed E-state index contributed by atoms with van der Waals surface area (Å²) >= 11 is 1.60. The third-order valence-corrected chi connectivity index (χ3v) is 4.99. The maximum atomic E-state index is 6.22. The first kappa shape index (κ1) is 11.4. The number of aromatic nitrogens is 1. The van der Waals surface area contributed by atoms with Gasteiger partial charge in [0.25, 0.3) is 0 Å². The Hall–Kier alpha value is -0.650. The molecule has 4 nitrogen and oxygen atoms in total. The summed E-state index contributed by atoms with van der Waals surface area (Å²) in [5, 5.41) is 0.674. The second-order valence-electron chi connectivity index (χ2n) is 5.38. The first-order chi connectivity index (χ1) is 8.22. The van der Waals surface area contributed by atoms with Gasteiger partial charge < -0.3 is 11.5 Å². The molecule has 2 heterocycles. The zero-order valence-electron chi connectivity index (χ0n) is 10.0. The van der Waals surface area contributed by atoms with Crippen molar-refractivity contribution in [1.82, 2.24) is 9.88 Å². The minimum atomic E-state index is 0.422. The van der Waals surface area contributed by atoms with E-state index in [2.05, 4.69) is 9.88 Å². The molecule has 3 unspecified atom stereocenters. The van der Waals surface area contributed by atoms with Crippen molar-refractivity contribution in [1.29, 1.82) is 0 Å². The van der Waals surface area contributed by atoms with Crippen LogP contribution in [0.5, 0.6) is 0 Å². The van der Waals surface area contributed by atoms with Crippen LogP contribution in [0.1, 0.15) is 24.1 Å². The van der Waals surface area contributed by atoms with Gasteiger partial charge >= 0.3 is 0 Å². The van der Waals surface area contributed by atoms with E-state index in [0.717, 1.165) is 19.0 Å². The number of nitrogen functional groups attached to an aromatic ring is 1. The van der Waals surface area contributed by atoms with Gasteiger partial charge in [-0.05, 0) is 24.7 Å². The van der Waals surface area contributed by atoms with Crippen LogP contribution in [0.4, 0.5) is 5.13 Å². The first-order valence-electron chi connectivity index (χ1n) is 6.40. The van der Waals surface area contributed by atoms with Gasteiger partial charge in [-0.1, -0.05) is 6.42 Å². The molecule has 2 aliphatic rings.